The molecule has 0 aliphatic heterocycles. The van der Waals surface area contributed by atoms with Crippen LogP contribution in [0.2, 0.25) is 10.3 Å². The van der Waals surface area contributed by atoms with Crippen molar-refractivity contribution >= 4 is 29.1 Å². The van der Waals surface area contributed by atoms with E-state index in [2.05, 4.69) is 36.3 Å². The van der Waals surface area contributed by atoms with Gasteiger partial charge in [0.15, 0.2) is 10.3 Å². The lowest BCUT2D eigenvalue weighted by Gasteiger charge is -2.33. The summed E-state index contributed by atoms with van der Waals surface area (Å²) >= 11 is 11.6. The molecule has 0 saturated heterocycles. The van der Waals surface area contributed by atoms with Crippen LogP contribution in [0, 0.1) is 5.41 Å². The third kappa shape index (κ3) is 5.33. The normalized spacial score (nSPS) is 12.4. The average molecular weight is 304 g/mol. The lowest BCUT2D eigenvalue weighted by molar-refractivity contribution is 0.0891. The van der Waals surface area contributed by atoms with Crippen molar-refractivity contribution in [1.29, 1.82) is 0 Å². The fraction of sp³-hybridized carbons (Fsp3) is 0.615. The predicted octanol–water partition coefficient (Wildman–Crippen LogP) is 3.73. The van der Waals surface area contributed by atoms with Crippen LogP contribution in [0.25, 0.3) is 0 Å². The minimum absolute atomic E-state index is 0.0495. The predicted molar refractivity (Wildman–Crippen MR) is 77.7 cm³/mol. The van der Waals surface area contributed by atoms with E-state index in [0.29, 0.717) is 0 Å². The molecule has 6 heteroatoms. The number of rotatable bonds is 3. The Morgan fingerprint density at radius 3 is 2.32 bits per heavy atom. The molecule has 0 unspecified atom stereocenters. The molecule has 0 spiro atoms. The number of amides is 1. The Hall–Kier alpha value is -0.870. The molecule has 0 aromatic carbocycles. The second-order valence-electron chi connectivity index (χ2n) is 6.45. The summed E-state index contributed by atoms with van der Waals surface area (Å²) in [7, 11) is 0. The van der Waals surface area contributed by atoms with Crippen molar-refractivity contribution in [3.63, 3.8) is 0 Å². The topological polar surface area (TPSA) is 54.9 Å². The molecule has 4 nitrogen and oxygen atoms in total. The summed E-state index contributed by atoms with van der Waals surface area (Å²) in [6, 6.07) is 1.42. The van der Waals surface area contributed by atoms with Gasteiger partial charge in [-0.3, -0.25) is 4.79 Å². The van der Waals surface area contributed by atoms with Gasteiger partial charge in [-0.15, -0.1) is 10.2 Å². The van der Waals surface area contributed by atoms with E-state index >= 15 is 0 Å². The van der Waals surface area contributed by atoms with Gasteiger partial charge in [-0.1, -0.05) is 44.0 Å². The highest BCUT2D eigenvalue weighted by Gasteiger charge is 2.28. The van der Waals surface area contributed by atoms with Crippen molar-refractivity contribution in [3.8, 4) is 0 Å². The Morgan fingerprint density at radius 2 is 1.79 bits per heavy atom. The highest BCUT2D eigenvalue weighted by atomic mass is 35.5. The van der Waals surface area contributed by atoms with Crippen molar-refractivity contribution in [2.75, 3.05) is 0 Å². The molecule has 19 heavy (non-hydrogen) atoms. The lowest BCUT2D eigenvalue weighted by atomic mass is 9.81. The number of hydrogen-bond acceptors (Lipinski definition) is 3. The van der Waals surface area contributed by atoms with Crippen molar-refractivity contribution < 1.29 is 4.79 Å². The largest absolute Gasteiger partial charge is 0.347 e. The monoisotopic (exact) mass is 303 g/mol. The Bertz CT molecular complexity index is 481. The zero-order valence-electron chi connectivity index (χ0n) is 11.8. The van der Waals surface area contributed by atoms with Crippen molar-refractivity contribution in [2.45, 2.75) is 46.6 Å². The number of nitrogens with zero attached hydrogens (tertiary/aromatic N) is 2. The van der Waals surface area contributed by atoms with Crippen LogP contribution in [-0.2, 0) is 0 Å². The highest BCUT2D eigenvalue weighted by Crippen LogP contribution is 2.27. The summed E-state index contributed by atoms with van der Waals surface area (Å²) in [5.74, 6) is -0.295. The molecule has 0 radical (unpaired) electrons. The van der Waals surface area contributed by atoms with E-state index in [1.54, 1.807) is 0 Å². The molecule has 0 saturated carbocycles. The van der Waals surface area contributed by atoms with Crippen molar-refractivity contribution in [2.24, 2.45) is 5.41 Å². The molecule has 0 fully saturated rings. The van der Waals surface area contributed by atoms with E-state index < -0.39 is 0 Å². The third-order valence-corrected chi connectivity index (χ3v) is 2.85. The first kappa shape index (κ1) is 16.2. The number of hydrogen-bond donors (Lipinski definition) is 1. The van der Waals surface area contributed by atoms with Crippen LogP contribution in [0.3, 0.4) is 0 Å². The van der Waals surface area contributed by atoms with Gasteiger partial charge in [-0.05, 0) is 31.7 Å². The number of carbonyl (C=O) groups excluding carboxylic acids is 1. The first-order valence-electron chi connectivity index (χ1n) is 6.01. The van der Waals surface area contributed by atoms with E-state index in [1.807, 2.05) is 13.8 Å². The SMILES string of the molecule is CC(C)(C)CC(C)(C)NC(=O)c1cc(Cl)nnc1Cl. The van der Waals surface area contributed by atoms with Gasteiger partial charge in [0, 0.05) is 5.54 Å². The molecule has 1 amide bonds. The molecule has 0 bridgehead atoms. The minimum Gasteiger partial charge on any atom is -0.347 e. The van der Waals surface area contributed by atoms with Gasteiger partial charge in [0.05, 0.1) is 5.56 Å². The smallest absolute Gasteiger partial charge is 0.255 e. The van der Waals surface area contributed by atoms with Gasteiger partial charge in [0.1, 0.15) is 0 Å². The van der Waals surface area contributed by atoms with Crippen molar-refractivity contribution in [1.82, 2.24) is 15.5 Å². The number of aromatic nitrogens is 2. The van der Waals surface area contributed by atoms with Crippen LogP contribution < -0.4 is 5.32 Å². The second kappa shape index (κ2) is 5.63. The Morgan fingerprint density at radius 1 is 1.21 bits per heavy atom. The summed E-state index contributed by atoms with van der Waals surface area (Å²) in [4.78, 5) is 12.2. The molecule has 1 rings (SSSR count). The first-order chi connectivity index (χ1) is 8.50. The molecule has 0 aliphatic carbocycles. The van der Waals surface area contributed by atoms with E-state index in [1.165, 1.54) is 6.07 Å². The van der Waals surface area contributed by atoms with Crippen LogP contribution >= 0.6 is 23.2 Å². The standard InChI is InChI=1S/C13H19Cl2N3O/c1-12(2,3)7-13(4,5)16-11(19)8-6-9(14)17-18-10(8)15/h6H,7H2,1-5H3,(H,16,19). The Labute approximate surface area is 123 Å². The molecule has 1 heterocycles. The van der Waals surface area contributed by atoms with E-state index in [0.717, 1.165) is 6.42 Å². The maximum absolute atomic E-state index is 12.2. The highest BCUT2D eigenvalue weighted by molar-refractivity contribution is 6.34. The Kier molecular flexibility index (Phi) is 4.80. The molecule has 1 N–H and O–H groups in total. The van der Waals surface area contributed by atoms with E-state index in [4.69, 9.17) is 23.2 Å². The molecule has 0 atom stereocenters. The molecular formula is C13H19Cl2N3O. The van der Waals surface area contributed by atoms with Gasteiger partial charge < -0.3 is 5.32 Å². The van der Waals surface area contributed by atoms with E-state index in [9.17, 15) is 4.79 Å². The third-order valence-electron chi connectivity index (χ3n) is 2.39. The first-order valence-corrected chi connectivity index (χ1v) is 6.77. The van der Waals surface area contributed by atoms with Gasteiger partial charge >= 0.3 is 0 Å². The van der Waals surface area contributed by atoms with Crippen molar-refractivity contribution in [3.05, 3.63) is 21.9 Å². The fourth-order valence-electron chi connectivity index (χ4n) is 2.26. The minimum atomic E-state index is -0.353. The number of carbonyl (C=O) groups is 1. The number of halogens is 2. The summed E-state index contributed by atoms with van der Waals surface area (Å²) in [5, 5.41) is 10.3. The van der Waals surface area contributed by atoms with Gasteiger partial charge in [0.2, 0.25) is 0 Å². The molecular weight excluding hydrogens is 285 g/mol. The second-order valence-corrected chi connectivity index (χ2v) is 7.19. The summed E-state index contributed by atoms with van der Waals surface area (Å²) in [6.07, 6.45) is 0.829. The van der Waals surface area contributed by atoms with E-state index in [-0.39, 0.29) is 32.7 Å². The summed E-state index contributed by atoms with van der Waals surface area (Å²) in [5.41, 5.74) is -0.00741. The van der Waals surface area contributed by atoms with Crippen LogP contribution in [-0.4, -0.2) is 21.6 Å². The van der Waals surface area contributed by atoms with Crippen LogP contribution in [0.5, 0.6) is 0 Å². The summed E-state index contributed by atoms with van der Waals surface area (Å²) in [6.45, 7) is 10.3. The van der Waals surface area contributed by atoms with Gasteiger partial charge in [-0.25, -0.2) is 0 Å². The van der Waals surface area contributed by atoms with Crippen LogP contribution in [0.1, 0.15) is 51.4 Å². The van der Waals surface area contributed by atoms with Gasteiger partial charge in [-0.2, -0.15) is 0 Å². The average Bonchev–Trinajstić information content (AvgIpc) is 2.16. The number of nitrogens with one attached hydrogen (secondary N) is 1. The summed E-state index contributed by atoms with van der Waals surface area (Å²) < 4.78 is 0. The zero-order chi connectivity index (χ0) is 14.8. The lowest BCUT2D eigenvalue weighted by Crippen LogP contribution is -2.46. The zero-order valence-corrected chi connectivity index (χ0v) is 13.4. The maximum atomic E-state index is 12.2. The quantitative estimate of drug-likeness (QED) is 0.925. The molecule has 0 aliphatic rings. The van der Waals surface area contributed by atoms with Gasteiger partial charge in [0.25, 0.3) is 5.91 Å². The molecule has 1 aromatic heterocycles. The Balaban J connectivity index is 2.87. The maximum Gasteiger partial charge on any atom is 0.255 e. The fourth-order valence-corrected chi connectivity index (χ4v) is 2.58. The van der Waals surface area contributed by atoms with Crippen LogP contribution in [0.4, 0.5) is 0 Å². The van der Waals surface area contributed by atoms with Crippen LogP contribution in [0.15, 0.2) is 6.07 Å². The molecule has 1 aromatic rings. The molecule has 106 valence electrons.